The summed E-state index contributed by atoms with van der Waals surface area (Å²) in [6.07, 6.45) is 5.71. The molecule has 4 aromatic rings. The maximum Gasteiger partial charge on any atom is 0.250 e. The van der Waals surface area contributed by atoms with Crippen molar-refractivity contribution >= 4 is 22.8 Å². The SMILES string of the molecule is CC(C)CC(=O)n1nc(-c2cccnc2)nc1NCc1ccc2[nH]ccc2c1. The molecule has 0 aliphatic rings. The molecule has 7 heteroatoms. The maximum atomic E-state index is 12.7. The molecule has 0 amide bonds. The van der Waals surface area contributed by atoms with Gasteiger partial charge in [-0.1, -0.05) is 19.9 Å². The second-order valence-electron chi connectivity index (χ2n) is 7.16. The number of anilines is 1. The Bertz CT molecular complexity index is 1100. The Hall–Kier alpha value is -3.48. The summed E-state index contributed by atoms with van der Waals surface area (Å²) in [5, 5.41) is 8.85. The van der Waals surface area contributed by atoms with E-state index < -0.39 is 0 Å². The van der Waals surface area contributed by atoms with Gasteiger partial charge in [0.05, 0.1) is 0 Å². The molecule has 3 aromatic heterocycles. The van der Waals surface area contributed by atoms with Crippen molar-refractivity contribution in [3.63, 3.8) is 0 Å². The summed E-state index contributed by atoms with van der Waals surface area (Å²) in [4.78, 5) is 24.5. The first-order valence-corrected chi connectivity index (χ1v) is 9.30. The Balaban J connectivity index is 1.61. The van der Waals surface area contributed by atoms with Gasteiger partial charge in [-0.05, 0) is 47.2 Å². The number of aromatic amines is 1. The molecule has 7 nitrogen and oxygen atoms in total. The normalized spacial score (nSPS) is 11.2. The second-order valence-corrected chi connectivity index (χ2v) is 7.16. The fourth-order valence-electron chi connectivity index (χ4n) is 3.05. The number of hydrogen-bond donors (Lipinski definition) is 2. The van der Waals surface area contributed by atoms with Crippen LogP contribution in [-0.2, 0) is 6.54 Å². The zero-order chi connectivity index (χ0) is 19.5. The molecule has 0 bridgehead atoms. The zero-order valence-corrected chi connectivity index (χ0v) is 15.9. The van der Waals surface area contributed by atoms with Gasteiger partial charge in [-0.2, -0.15) is 9.67 Å². The van der Waals surface area contributed by atoms with Gasteiger partial charge < -0.3 is 10.3 Å². The number of rotatable bonds is 6. The van der Waals surface area contributed by atoms with Crippen LogP contribution in [0.3, 0.4) is 0 Å². The van der Waals surface area contributed by atoms with Crippen molar-refractivity contribution in [2.24, 2.45) is 5.92 Å². The molecular weight excluding hydrogens is 352 g/mol. The summed E-state index contributed by atoms with van der Waals surface area (Å²) < 4.78 is 1.37. The van der Waals surface area contributed by atoms with E-state index in [2.05, 4.69) is 31.4 Å². The van der Waals surface area contributed by atoms with Crippen LogP contribution in [-0.4, -0.2) is 30.6 Å². The highest BCUT2D eigenvalue weighted by Crippen LogP contribution is 2.20. The van der Waals surface area contributed by atoms with Gasteiger partial charge in [0.15, 0.2) is 5.82 Å². The van der Waals surface area contributed by atoms with Crippen LogP contribution in [0.15, 0.2) is 55.0 Å². The van der Waals surface area contributed by atoms with Gasteiger partial charge in [-0.25, -0.2) is 0 Å². The summed E-state index contributed by atoms with van der Waals surface area (Å²) in [5.41, 5.74) is 2.97. The minimum Gasteiger partial charge on any atom is -0.361 e. The summed E-state index contributed by atoms with van der Waals surface area (Å²) in [7, 11) is 0. The Morgan fingerprint density at radius 1 is 1.25 bits per heavy atom. The quantitative estimate of drug-likeness (QED) is 0.530. The summed E-state index contributed by atoms with van der Waals surface area (Å²) >= 11 is 0. The molecule has 4 rings (SSSR count). The molecule has 3 heterocycles. The van der Waals surface area contributed by atoms with Crippen LogP contribution in [0.5, 0.6) is 0 Å². The predicted molar refractivity (Wildman–Crippen MR) is 109 cm³/mol. The molecule has 0 radical (unpaired) electrons. The molecule has 0 saturated carbocycles. The van der Waals surface area contributed by atoms with E-state index in [0.29, 0.717) is 24.7 Å². The van der Waals surface area contributed by atoms with Crippen molar-refractivity contribution in [3.8, 4) is 11.4 Å². The molecule has 142 valence electrons. The molecule has 0 atom stereocenters. The minimum absolute atomic E-state index is 0.0822. The van der Waals surface area contributed by atoms with Crippen molar-refractivity contribution < 1.29 is 4.79 Å². The number of hydrogen-bond acceptors (Lipinski definition) is 5. The Morgan fingerprint density at radius 2 is 2.14 bits per heavy atom. The van der Waals surface area contributed by atoms with Crippen LogP contribution in [0.25, 0.3) is 22.3 Å². The summed E-state index contributed by atoms with van der Waals surface area (Å²) in [6, 6.07) is 11.9. The number of carbonyl (C=O) groups excluding carboxylic acids is 1. The highest BCUT2D eigenvalue weighted by Gasteiger charge is 2.18. The predicted octanol–water partition coefficient (Wildman–Crippen LogP) is 4.12. The Morgan fingerprint density at radius 3 is 2.93 bits per heavy atom. The third-order valence-electron chi connectivity index (χ3n) is 4.41. The number of pyridine rings is 1. The first kappa shape index (κ1) is 17.9. The van der Waals surface area contributed by atoms with Crippen LogP contribution < -0.4 is 5.32 Å². The third-order valence-corrected chi connectivity index (χ3v) is 4.41. The van der Waals surface area contributed by atoms with Crippen molar-refractivity contribution in [2.45, 2.75) is 26.8 Å². The smallest absolute Gasteiger partial charge is 0.250 e. The fourth-order valence-corrected chi connectivity index (χ4v) is 3.05. The van der Waals surface area contributed by atoms with Gasteiger partial charge in [0.1, 0.15) is 0 Å². The molecule has 28 heavy (non-hydrogen) atoms. The summed E-state index contributed by atoms with van der Waals surface area (Å²) in [5.74, 6) is 1.08. The Kier molecular flexibility index (Phi) is 4.89. The number of fused-ring (bicyclic) bond motifs is 1. The molecule has 2 N–H and O–H groups in total. The van der Waals surface area contributed by atoms with Gasteiger partial charge in [0.2, 0.25) is 11.9 Å². The molecule has 0 fully saturated rings. The standard InChI is InChI=1S/C21H22N6O/c1-14(2)10-19(28)27-21(25-20(26-27)17-4-3-8-22-13-17)24-12-15-5-6-18-16(11-15)7-9-23-18/h3-9,11,13-14,23H,10,12H2,1-2H3,(H,24,25,26). The van der Waals surface area contributed by atoms with Gasteiger partial charge in [-0.3, -0.25) is 9.78 Å². The van der Waals surface area contributed by atoms with Crippen molar-refractivity contribution in [1.82, 2.24) is 24.7 Å². The van der Waals surface area contributed by atoms with E-state index >= 15 is 0 Å². The molecule has 0 spiro atoms. The van der Waals surface area contributed by atoms with E-state index in [9.17, 15) is 4.79 Å². The molecule has 1 aromatic carbocycles. The van der Waals surface area contributed by atoms with Crippen LogP contribution in [0.4, 0.5) is 5.95 Å². The van der Waals surface area contributed by atoms with E-state index in [1.54, 1.807) is 12.4 Å². The van der Waals surface area contributed by atoms with E-state index in [-0.39, 0.29) is 11.8 Å². The second kappa shape index (κ2) is 7.64. The first-order chi connectivity index (χ1) is 13.6. The number of benzene rings is 1. The van der Waals surface area contributed by atoms with Crippen molar-refractivity contribution in [3.05, 3.63) is 60.6 Å². The van der Waals surface area contributed by atoms with Crippen LogP contribution in [0.1, 0.15) is 30.6 Å². The number of aromatic nitrogens is 5. The fraction of sp³-hybridized carbons (Fsp3) is 0.238. The van der Waals surface area contributed by atoms with E-state index in [1.165, 1.54) is 4.68 Å². The molecule has 0 aliphatic carbocycles. The average molecular weight is 374 g/mol. The highest BCUT2D eigenvalue weighted by molar-refractivity contribution is 5.82. The zero-order valence-electron chi connectivity index (χ0n) is 15.9. The van der Waals surface area contributed by atoms with Gasteiger partial charge >= 0.3 is 0 Å². The van der Waals surface area contributed by atoms with E-state index in [4.69, 9.17) is 0 Å². The highest BCUT2D eigenvalue weighted by atomic mass is 16.2. The topological polar surface area (TPSA) is 88.5 Å². The lowest BCUT2D eigenvalue weighted by Crippen LogP contribution is -2.18. The van der Waals surface area contributed by atoms with Gasteiger partial charge in [0.25, 0.3) is 0 Å². The van der Waals surface area contributed by atoms with E-state index in [1.807, 2.05) is 50.4 Å². The van der Waals surface area contributed by atoms with Gasteiger partial charge in [0, 0.05) is 42.6 Å². The van der Waals surface area contributed by atoms with Gasteiger partial charge in [-0.15, -0.1) is 5.10 Å². The number of carbonyl (C=O) groups is 1. The van der Waals surface area contributed by atoms with Crippen LogP contribution >= 0.6 is 0 Å². The molecule has 0 aliphatic heterocycles. The van der Waals surface area contributed by atoms with Crippen molar-refractivity contribution in [1.29, 1.82) is 0 Å². The molecular formula is C21H22N6O. The number of nitrogens with zero attached hydrogens (tertiary/aromatic N) is 4. The minimum atomic E-state index is -0.0822. The first-order valence-electron chi connectivity index (χ1n) is 9.30. The lowest BCUT2D eigenvalue weighted by atomic mass is 10.1. The maximum absolute atomic E-state index is 12.7. The third kappa shape index (κ3) is 3.78. The average Bonchev–Trinajstić information content (AvgIpc) is 3.33. The lowest BCUT2D eigenvalue weighted by Gasteiger charge is -2.08. The number of nitrogens with one attached hydrogen (secondary N) is 2. The molecule has 0 unspecified atom stereocenters. The monoisotopic (exact) mass is 374 g/mol. The van der Waals surface area contributed by atoms with Crippen molar-refractivity contribution in [2.75, 3.05) is 5.32 Å². The van der Waals surface area contributed by atoms with Crippen LogP contribution in [0.2, 0.25) is 0 Å². The Labute approximate surface area is 162 Å². The number of H-pyrrole nitrogens is 1. The van der Waals surface area contributed by atoms with Crippen LogP contribution in [0, 0.1) is 5.92 Å². The van der Waals surface area contributed by atoms with E-state index in [0.717, 1.165) is 22.0 Å². The lowest BCUT2D eigenvalue weighted by molar-refractivity contribution is 0.0873. The largest absolute Gasteiger partial charge is 0.361 e. The molecule has 0 saturated heterocycles. The summed E-state index contributed by atoms with van der Waals surface area (Å²) in [6.45, 7) is 4.56.